The summed E-state index contributed by atoms with van der Waals surface area (Å²) in [7, 11) is 0. The lowest BCUT2D eigenvalue weighted by molar-refractivity contribution is -0.384. The Kier molecular flexibility index (Phi) is 6.64. The third-order valence-electron chi connectivity index (χ3n) is 3.11. The Morgan fingerprint density at radius 2 is 2.27 bits per heavy atom. The molecule has 1 rings (SSSR count). The van der Waals surface area contributed by atoms with Gasteiger partial charge >= 0.3 is 11.7 Å². The smallest absolute Gasteiger partial charge is 0.315 e. The van der Waals surface area contributed by atoms with E-state index in [1.165, 1.54) is 0 Å². The summed E-state index contributed by atoms with van der Waals surface area (Å²) in [4.78, 5) is 25.5. The maximum Gasteiger partial charge on any atom is 0.315 e. The lowest BCUT2D eigenvalue weighted by Gasteiger charge is -2.20. The first kappa shape index (κ1) is 17.8. The highest BCUT2D eigenvalue weighted by molar-refractivity contribution is 5.72. The van der Waals surface area contributed by atoms with Crippen molar-refractivity contribution in [1.82, 2.24) is 4.98 Å². The zero-order valence-electron chi connectivity index (χ0n) is 12.5. The molecule has 0 saturated carbocycles. The number of hydrogen-bond donors (Lipinski definition) is 1. The molecular formula is C13H19FN4O4. The Balaban J connectivity index is 2.78. The summed E-state index contributed by atoms with van der Waals surface area (Å²) in [5, 5.41) is 11.9. The topological polar surface area (TPSA) is 112 Å². The first-order chi connectivity index (χ1) is 10.4. The molecular weight excluding hydrogens is 295 g/mol. The zero-order chi connectivity index (χ0) is 16.7. The molecule has 0 aliphatic carbocycles. The number of nitrogens with zero attached hydrogens (tertiary/aromatic N) is 3. The van der Waals surface area contributed by atoms with Crippen molar-refractivity contribution >= 4 is 17.5 Å². The molecule has 22 heavy (non-hydrogen) atoms. The number of nitro groups is 1. The molecule has 0 saturated heterocycles. The van der Waals surface area contributed by atoms with Crippen LogP contribution in [0.2, 0.25) is 0 Å². The number of aromatic nitrogens is 1. The van der Waals surface area contributed by atoms with Crippen molar-refractivity contribution in [3.63, 3.8) is 0 Å². The van der Waals surface area contributed by atoms with Crippen molar-refractivity contribution in [2.45, 2.75) is 26.7 Å². The summed E-state index contributed by atoms with van der Waals surface area (Å²) >= 11 is 0. The lowest BCUT2D eigenvalue weighted by Crippen LogP contribution is -2.35. The molecule has 9 heteroatoms. The SMILES string of the molecule is CCOC(=O)C(CC)CCN(N)c1ncc(F)cc1[N+](=O)[O-]. The second-order valence-corrected chi connectivity index (χ2v) is 4.59. The largest absolute Gasteiger partial charge is 0.466 e. The van der Waals surface area contributed by atoms with Crippen molar-refractivity contribution in [2.24, 2.45) is 11.8 Å². The van der Waals surface area contributed by atoms with Crippen LogP contribution >= 0.6 is 0 Å². The number of pyridine rings is 1. The molecule has 0 amide bonds. The highest BCUT2D eigenvalue weighted by Crippen LogP contribution is 2.25. The normalized spacial score (nSPS) is 11.8. The maximum atomic E-state index is 13.0. The van der Waals surface area contributed by atoms with E-state index in [0.717, 1.165) is 17.3 Å². The molecule has 2 N–H and O–H groups in total. The highest BCUT2D eigenvalue weighted by Gasteiger charge is 2.23. The van der Waals surface area contributed by atoms with Gasteiger partial charge in [-0.15, -0.1) is 0 Å². The van der Waals surface area contributed by atoms with Crippen molar-refractivity contribution in [3.05, 3.63) is 28.2 Å². The molecule has 0 spiro atoms. The van der Waals surface area contributed by atoms with Gasteiger partial charge in [0.25, 0.3) is 0 Å². The molecule has 122 valence electrons. The van der Waals surface area contributed by atoms with Crippen LogP contribution in [0.25, 0.3) is 0 Å². The quantitative estimate of drug-likeness (QED) is 0.337. The van der Waals surface area contributed by atoms with Crippen molar-refractivity contribution in [2.75, 3.05) is 18.2 Å². The fraction of sp³-hybridized carbons (Fsp3) is 0.538. The average Bonchev–Trinajstić information content (AvgIpc) is 2.47. The first-order valence-electron chi connectivity index (χ1n) is 6.89. The van der Waals surface area contributed by atoms with Gasteiger partial charge in [-0.2, -0.15) is 0 Å². The maximum absolute atomic E-state index is 13.0. The van der Waals surface area contributed by atoms with Crippen LogP contribution in [0.15, 0.2) is 12.3 Å². The molecule has 1 aromatic rings. The summed E-state index contributed by atoms with van der Waals surface area (Å²) in [6.07, 6.45) is 1.76. The number of halogens is 1. The standard InChI is InChI=1S/C13H19FN4O4/c1-3-9(13(19)22-4-2)5-6-17(15)12-11(18(20)21)7-10(14)8-16-12/h7-9H,3-6,15H2,1-2H3. The van der Waals surface area contributed by atoms with Gasteiger partial charge < -0.3 is 4.74 Å². The second-order valence-electron chi connectivity index (χ2n) is 4.59. The first-order valence-corrected chi connectivity index (χ1v) is 6.89. The van der Waals surface area contributed by atoms with Gasteiger partial charge in [0.2, 0.25) is 5.82 Å². The minimum absolute atomic E-state index is 0.148. The van der Waals surface area contributed by atoms with E-state index >= 15 is 0 Å². The summed E-state index contributed by atoms with van der Waals surface area (Å²) in [6, 6.07) is 0.755. The second kappa shape index (κ2) is 8.23. The number of carbonyl (C=O) groups excluding carboxylic acids is 1. The van der Waals surface area contributed by atoms with E-state index in [1.807, 2.05) is 6.92 Å². The minimum atomic E-state index is -0.818. The average molecular weight is 314 g/mol. The molecule has 0 fully saturated rings. The molecule has 0 radical (unpaired) electrons. The Labute approximate surface area is 127 Å². The van der Waals surface area contributed by atoms with Crippen LogP contribution in [0.5, 0.6) is 0 Å². The van der Waals surface area contributed by atoms with Crippen LogP contribution in [0.3, 0.4) is 0 Å². The molecule has 0 bridgehead atoms. The van der Waals surface area contributed by atoms with Crippen LogP contribution in [0.1, 0.15) is 26.7 Å². The summed E-state index contributed by atoms with van der Waals surface area (Å²) in [5.74, 6) is 4.10. The Morgan fingerprint density at radius 1 is 1.59 bits per heavy atom. The molecule has 1 aromatic heterocycles. The van der Waals surface area contributed by atoms with Crippen LogP contribution in [-0.2, 0) is 9.53 Å². The number of carbonyl (C=O) groups is 1. The molecule has 0 aromatic carbocycles. The van der Waals surface area contributed by atoms with Gasteiger partial charge in [0.1, 0.15) is 5.82 Å². The number of anilines is 1. The van der Waals surface area contributed by atoms with Gasteiger partial charge in [0, 0.05) is 6.54 Å². The zero-order valence-corrected chi connectivity index (χ0v) is 12.5. The molecule has 0 aliphatic rings. The van der Waals surface area contributed by atoms with Gasteiger partial charge in [-0.25, -0.2) is 15.2 Å². The van der Waals surface area contributed by atoms with E-state index in [-0.39, 0.29) is 30.9 Å². The van der Waals surface area contributed by atoms with Gasteiger partial charge in [-0.05, 0) is 19.8 Å². The highest BCUT2D eigenvalue weighted by atomic mass is 19.1. The summed E-state index contributed by atoms with van der Waals surface area (Å²) < 4.78 is 18.0. The van der Waals surface area contributed by atoms with E-state index in [1.54, 1.807) is 6.92 Å². The van der Waals surface area contributed by atoms with E-state index in [0.29, 0.717) is 12.8 Å². The number of esters is 1. The summed E-state index contributed by atoms with van der Waals surface area (Å²) in [5.41, 5.74) is -0.522. The van der Waals surface area contributed by atoms with Gasteiger partial charge in [-0.1, -0.05) is 6.92 Å². The van der Waals surface area contributed by atoms with E-state index < -0.39 is 16.4 Å². The molecule has 8 nitrogen and oxygen atoms in total. The fourth-order valence-electron chi connectivity index (χ4n) is 1.93. The molecule has 1 atom stereocenters. The number of ether oxygens (including phenoxy) is 1. The molecule has 0 aliphatic heterocycles. The van der Waals surface area contributed by atoms with Crippen molar-refractivity contribution < 1.29 is 18.8 Å². The van der Waals surface area contributed by atoms with Gasteiger partial charge in [0.05, 0.1) is 29.7 Å². The number of rotatable bonds is 8. The molecule has 1 heterocycles. The predicted octanol–water partition coefficient (Wildman–Crippen LogP) is 1.79. The Bertz CT molecular complexity index is 541. The number of hydrogen-bond acceptors (Lipinski definition) is 7. The van der Waals surface area contributed by atoms with Gasteiger partial charge in [0.15, 0.2) is 0 Å². The predicted molar refractivity (Wildman–Crippen MR) is 77.4 cm³/mol. The Hall–Kier alpha value is -2.29. The van der Waals surface area contributed by atoms with Crippen LogP contribution in [-0.4, -0.2) is 29.0 Å². The van der Waals surface area contributed by atoms with Crippen LogP contribution < -0.4 is 10.9 Å². The van der Waals surface area contributed by atoms with Crippen molar-refractivity contribution in [1.29, 1.82) is 0 Å². The number of hydrazine groups is 1. The third kappa shape index (κ3) is 4.62. The molecule has 1 unspecified atom stereocenters. The third-order valence-corrected chi connectivity index (χ3v) is 3.11. The summed E-state index contributed by atoms with van der Waals surface area (Å²) in [6.45, 7) is 3.98. The number of nitrogens with two attached hydrogens (primary N) is 1. The monoisotopic (exact) mass is 314 g/mol. The van der Waals surface area contributed by atoms with Crippen LogP contribution in [0.4, 0.5) is 15.9 Å². The van der Waals surface area contributed by atoms with Crippen LogP contribution in [0, 0.1) is 21.8 Å². The van der Waals surface area contributed by atoms with Crippen molar-refractivity contribution in [3.8, 4) is 0 Å². The van der Waals surface area contributed by atoms with E-state index in [4.69, 9.17) is 10.6 Å². The minimum Gasteiger partial charge on any atom is -0.466 e. The fourth-order valence-corrected chi connectivity index (χ4v) is 1.93. The van der Waals surface area contributed by atoms with Gasteiger partial charge in [-0.3, -0.25) is 19.9 Å². The Morgan fingerprint density at radius 3 is 2.82 bits per heavy atom. The van der Waals surface area contributed by atoms with E-state index in [2.05, 4.69) is 4.98 Å². The lowest BCUT2D eigenvalue weighted by atomic mass is 10.0. The van der Waals surface area contributed by atoms with E-state index in [9.17, 15) is 19.3 Å².